The Bertz CT molecular complexity index is 809. The molecule has 22 heavy (non-hydrogen) atoms. The standard InChI is InChI=1S/C19H19ClN2/c1-12-9-13(2)11-18(10-12)22-15(4)14(3)21-19(22)16-5-7-17(20)8-6-16/h5-11H,1-4H3. The predicted molar refractivity (Wildman–Crippen MR) is 93.0 cm³/mol. The van der Waals surface area contributed by atoms with Crippen LogP contribution in [0.5, 0.6) is 0 Å². The largest absolute Gasteiger partial charge is 0.297 e. The number of hydrogen-bond acceptors (Lipinski definition) is 1. The van der Waals surface area contributed by atoms with E-state index in [-0.39, 0.29) is 0 Å². The Labute approximate surface area is 136 Å². The SMILES string of the molecule is Cc1cc(C)cc(-n2c(-c3ccc(Cl)cc3)nc(C)c2C)c1. The summed E-state index contributed by atoms with van der Waals surface area (Å²) in [6.45, 7) is 8.41. The molecule has 2 aromatic carbocycles. The van der Waals surface area contributed by atoms with Crippen molar-refractivity contribution in [1.82, 2.24) is 9.55 Å². The van der Waals surface area contributed by atoms with Crippen LogP contribution in [0, 0.1) is 27.7 Å². The van der Waals surface area contributed by atoms with E-state index in [2.05, 4.69) is 43.5 Å². The van der Waals surface area contributed by atoms with Gasteiger partial charge in [-0.15, -0.1) is 0 Å². The van der Waals surface area contributed by atoms with Crippen LogP contribution in [-0.4, -0.2) is 9.55 Å². The van der Waals surface area contributed by atoms with Crippen LogP contribution < -0.4 is 0 Å². The molecule has 0 aliphatic carbocycles. The quantitative estimate of drug-likeness (QED) is 0.617. The van der Waals surface area contributed by atoms with E-state index in [1.54, 1.807) is 0 Å². The molecular formula is C19H19ClN2. The summed E-state index contributed by atoms with van der Waals surface area (Å²) in [6, 6.07) is 14.4. The summed E-state index contributed by atoms with van der Waals surface area (Å²) in [4.78, 5) is 4.77. The van der Waals surface area contributed by atoms with Crippen LogP contribution >= 0.6 is 11.6 Å². The van der Waals surface area contributed by atoms with Crippen molar-refractivity contribution < 1.29 is 0 Å². The number of aryl methyl sites for hydroxylation is 3. The number of imidazole rings is 1. The van der Waals surface area contributed by atoms with Gasteiger partial charge in [0, 0.05) is 22.0 Å². The molecule has 3 aromatic rings. The van der Waals surface area contributed by atoms with Crippen LogP contribution in [0.2, 0.25) is 5.02 Å². The summed E-state index contributed by atoms with van der Waals surface area (Å²) in [5.41, 5.74) is 6.94. The zero-order chi connectivity index (χ0) is 15.9. The lowest BCUT2D eigenvalue weighted by Gasteiger charge is -2.12. The van der Waals surface area contributed by atoms with Gasteiger partial charge in [0.05, 0.1) is 5.69 Å². The van der Waals surface area contributed by atoms with Gasteiger partial charge >= 0.3 is 0 Å². The second-order valence-corrected chi connectivity index (χ2v) is 6.23. The van der Waals surface area contributed by atoms with E-state index >= 15 is 0 Å². The minimum atomic E-state index is 0.738. The van der Waals surface area contributed by atoms with Crippen molar-refractivity contribution in [2.45, 2.75) is 27.7 Å². The van der Waals surface area contributed by atoms with Crippen LogP contribution in [0.3, 0.4) is 0 Å². The number of hydrogen-bond donors (Lipinski definition) is 0. The highest BCUT2D eigenvalue weighted by atomic mass is 35.5. The number of aromatic nitrogens is 2. The van der Waals surface area contributed by atoms with Gasteiger partial charge in [0.15, 0.2) is 0 Å². The first-order valence-electron chi connectivity index (χ1n) is 7.36. The highest BCUT2D eigenvalue weighted by Crippen LogP contribution is 2.28. The highest BCUT2D eigenvalue weighted by Gasteiger charge is 2.15. The maximum absolute atomic E-state index is 6.01. The summed E-state index contributed by atoms with van der Waals surface area (Å²) in [6.07, 6.45) is 0. The molecule has 112 valence electrons. The molecule has 3 rings (SSSR count). The molecule has 0 fully saturated rings. The maximum Gasteiger partial charge on any atom is 0.145 e. The molecule has 2 nitrogen and oxygen atoms in total. The first kappa shape index (κ1) is 14.9. The Morgan fingerprint density at radius 2 is 1.45 bits per heavy atom. The van der Waals surface area contributed by atoms with Crippen LogP contribution in [0.15, 0.2) is 42.5 Å². The maximum atomic E-state index is 6.01. The third-order valence-corrected chi connectivity index (χ3v) is 4.16. The lowest BCUT2D eigenvalue weighted by atomic mass is 10.1. The molecule has 0 bridgehead atoms. The summed E-state index contributed by atoms with van der Waals surface area (Å²) in [7, 11) is 0. The Kier molecular flexibility index (Phi) is 3.79. The van der Waals surface area contributed by atoms with E-state index in [4.69, 9.17) is 16.6 Å². The number of rotatable bonds is 2. The summed E-state index contributed by atoms with van der Waals surface area (Å²) < 4.78 is 2.22. The fourth-order valence-corrected chi connectivity index (χ4v) is 2.92. The Morgan fingerprint density at radius 3 is 2.05 bits per heavy atom. The number of nitrogens with zero attached hydrogens (tertiary/aromatic N) is 2. The van der Waals surface area contributed by atoms with E-state index in [0.717, 1.165) is 33.5 Å². The van der Waals surface area contributed by atoms with Crippen molar-refractivity contribution in [3.63, 3.8) is 0 Å². The van der Waals surface area contributed by atoms with Crippen LogP contribution in [0.4, 0.5) is 0 Å². The van der Waals surface area contributed by atoms with E-state index in [1.165, 1.54) is 11.1 Å². The highest BCUT2D eigenvalue weighted by molar-refractivity contribution is 6.30. The van der Waals surface area contributed by atoms with Gasteiger partial charge < -0.3 is 0 Å². The molecule has 0 N–H and O–H groups in total. The first-order chi connectivity index (χ1) is 10.5. The Morgan fingerprint density at radius 1 is 0.864 bits per heavy atom. The van der Waals surface area contributed by atoms with Crippen molar-refractivity contribution in [2.75, 3.05) is 0 Å². The summed E-state index contributed by atoms with van der Waals surface area (Å²) in [5.74, 6) is 0.955. The molecule has 0 spiro atoms. The summed E-state index contributed by atoms with van der Waals surface area (Å²) in [5, 5.41) is 0.738. The Balaban J connectivity index is 2.25. The molecule has 3 heteroatoms. The fraction of sp³-hybridized carbons (Fsp3) is 0.211. The van der Waals surface area contributed by atoms with Gasteiger partial charge in [0.2, 0.25) is 0 Å². The molecule has 1 aromatic heterocycles. The zero-order valence-electron chi connectivity index (χ0n) is 13.3. The molecule has 0 atom stereocenters. The Hall–Kier alpha value is -2.06. The fourth-order valence-electron chi connectivity index (χ4n) is 2.80. The van der Waals surface area contributed by atoms with Gasteiger partial charge in [-0.2, -0.15) is 0 Å². The average Bonchev–Trinajstić information content (AvgIpc) is 2.74. The van der Waals surface area contributed by atoms with Crippen molar-refractivity contribution in [2.24, 2.45) is 0 Å². The molecule has 0 saturated heterocycles. The van der Waals surface area contributed by atoms with Gasteiger partial charge in [-0.1, -0.05) is 17.7 Å². The van der Waals surface area contributed by atoms with Crippen LogP contribution in [0.1, 0.15) is 22.5 Å². The van der Waals surface area contributed by atoms with Gasteiger partial charge in [-0.25, -0.2) is 4.98 Å². The van der Waals surface area contributed by atoms with Crippen LogP contribution in [0.25, 0.3) is 17.1 Å². The van der Waals surface area contributed by atoms with Gasteiger partial charge in [0.1, 0.15) is 5.82 Å². The van der Waals surface area contributed by atoms with Crippen molar-refractivity contribution in [1.29, 1.82) is 0 Å². The van der Waals surface area contributed by atoms with E-state index in [9.17, 15) is 0 Å². The summed E-state index contributed by atoms with van der Waals surface area (Å²) >= 11 is 6.01. The first-order valence-corrected chi connectivity index (χ1v) is 7.74. The molecule has 0 unspecified atom stereocenters. The minimum absolute atomic E-state index is 0.738. The van der Waals surface area contributed by atoms with Crippen molar-refractivity contribution >= 4 is 11.6 Å². The van der Waals surface area contributed by atoms with Crippen LogP contribution in [-0.2, 0) is 0 Å². The molecule has 0 saturated carbocycles. The average molecular weight is 311 g/mol. The monoisotopic (exact) mass is 310 g/mol. The van der Waals surface area contributed by atoms with Crippen molar-refractivity contribution in [3.8, 4) is 17.1 Å². The predicted octanol–water partition coefficient (Wildman–Crippen LogP) is 5.43. The van der Waals surface area contributed by atoms with Gasteiger partial charge in [-0.05, 0) is 75.2 Å². The smallest absolute Gasteiger partial charge is 0.145 e. The van der Waals surface area contributed by atoms with Gasteiger partial charge in [0.25, 0.3) is 0 Å². The number of halogens is 1. The minimum Gasteiger partial charge on any atom is -0.297 e. The molecule has 0 radical (unpaired) electrons. The van der Waals surface area contributed by atoms with E-state index in [0.29, 0.717) is 0 Å². The second-order valence-electron chi connectivity index (χ2n) is 5.79. The molecule has 0 aliphatic rings. The lowest BCUT2D eigenvalue weighted by Crippen LogP contribution is -2.01. The lowest BCUT2D eigenvalue weighted by molar-refractivity contribution is 1.00. The molecule has 1 heterocycles. The third kappa shape index (κ3) is 2.67. The molecule has 0 aliphatic heterocycles. The third-order valence-electron chi connectivity index (χ3n) is 3.91. The van der Waals surface area contributed by atoms with E-state index in [1.807, 2.05) is 31.2 Å². The molecule has 0 amide bonds. The second kappa shape index (κ2) is 5.62. The number of benzene rings is 2. The zero-order valence-corrected chi connectivity index (χ0v) is 14.1. The molecular weight excluding hydrogens is 292 g/mol. The van der Waals surface area contributed by atoms with Gasteiger partial charge in [-0.3, -0.25) is 4.57 Å². The van der Waals surface area contributed by atoms with Crippen molar-refractivity contribution in [3.05, 3.63) is 70.0 Å². The van der Waals surface area contributed by atoms with E-state index < -0.39 is 0 Å². The topological polar surface area (TPSA) is 17.8 Å². The normalized spacial score (nSPS) is 11.0.